The van der Waals surface area contributed by atoms with Crippen LogP contribution < -0.4 is 4.74 Å². The number of carbonyl (C=O) groups is 3. The number of fused-ring (bicyclic) bond motifs is 2. The first kappa shape index (κ1) is 25.0. The Kier molecular flexibility index (Phi) is 8.81. The standard InChI is InChI=1S/C24H27NO3.C2H2O4/c1-2-27-23(26)13-16-25-14-11-18(12-15-25)24-20-8-4-3-7-19(20)17-28-22-10-6-5-9-21(22)24;3-1(4)2(5)6/h3-10H,2,11-17H2,1H3;(H,3,4)(H,5,6). The number of para-hydroxylation sites is 1. The van der Waals surface area contributed by atoms with Crippen molar-refractivity contribution in [1.82, 2.24) is 4.90 Å². The Hall–Kier alpha value is -3.65. The van der Waals surface area contributed by atoms with E-state index in [1.165, 1.54) is 27.8 Å². The second-order valence-corrected chi connectivity index (χ2v) is 7.93. The summed E-state index contributed by atoms with van der Waals surface area (Å²) in [5, 5.41) is 14.8. The molecule has 2 N–H and O–H groups in total. The molecule has 0 spiro atoms. The van der Waals surface area contributed by atoms with Crippen molar-refractivity contribution in [2.45, 2.75) is 32.8 Å². The van der Waals surface area contributed by atoms with Gasteiger partial charge in [0, 0.05) is 25.2 Å². The lowest BCUT2D eigenvalue weighted by Crippen LogP contribution is -2.33. The lowest BCUT2D eigenvalue weighted by Gasteiger charge is -2.30. The van der Waals surface area contributed by atoms with Gasteiger partial charge in [0.05, 0.1) is 13.0 Å². The van der Waals surface area contributed by atoms with Gasteiger partial charge in [0.15, 0.2) is 0 Å². The molecule has 8 nitrogen and oxygen atoms in total. The molecule has 1 fully saturated rings. The third kappa shape index (κ3) is 6.45. The zero-order valence-electron chi connectivity index (χ0n) is 19.2. The first-order valence-corrected chi connectivity index (χ1v) is 11.3. The molecule has 0 aromatic heterocycles. The van der Waals surface area contributed by atoms with Gasteiger partial charge in [-0.05, 0) is 42.5 Å². The van der Waals surface area contributed by atoms with Crippen molar-refractivity contribution in [1.29, 1.82) is 0 Å². The predicted molar refractivity (Wildman–Crippen MR) is 125 cm³/mol. The van der Waals surface area contributed by atoms with E-state index in [0.29, 0.717) is 19.6 Å². The Morgan fingerprint density at radius 3 is 2.21 bits per heavy atom. The number of nitrogens with zero attached hydrogens (tertiary/aromatic N) is 1. The summed E-state index contributed by atoms with van der Waals surface area (Å²) in [6, 6.07) is 16.9. The van der Waals surface area contributed by atoms with E-state index in [4.69, 9.17) is 29.3 Å². The highest BCUT2D eigenvalue weighted by molar-refractivity contribution is 6.27. The molecule has 180 valence electrons. The van der Waals surface area contributed by atoms with Crippen LogP contribution in [0.3, 0.4) is 0 Å². The molecule has 0 unspecified atom stereocenters. The number of esters is 1. The van der Waals surface area contributed by atoms with Crippen LogP contribution >= 0.6 is 0 Å². The summed E-state index contributed by atoms with van der Waals surface area (Å²) in [6.45, 7) is 5.64. The summed E-state index contributed by atoms with van der Waals surface area (Å²) in [7, 11) is 0. The van der Waals surface area contributed by atoms with Crippen LogP contribution in [0.4, 0.5) is 0 Å². The molecule has 2 aliphatic rings. The highest BCUT2D eigenvalue weighted by Gasteiger charge is 2.24. The van der Waals surface area contributed by atoms with Gasteiger partial charge in [-0.15, -0.1) is 0 Å². The number of hydrogen-bond acceptors (Lipinski definition) is 6. The van der Waals surface area contributed by atoms with Crippen LogP contribution in [0.1, 0.15) is 42.9 Å². The lowest BCUT2D eigenvalue weighted by molar-refractivity contribution is -0.159. The van der Waals surface area contributed by atoms with Crippen LogP contribution in [0.15, 0.2) is 54.1 Å². The molecular formula is C26H29NO7. The number of aliphatic carboxylic acids is 2. The molecule has 0 saturated carbocycles. The van der Waals surface area contributed by atoms with Crippen LogP contribution in [0, 0.1) is 0 Å². The minimum absolute atomic E-state index is 0.101. The highest BCUT2D eigenvalue weighted by atomic mass is 16.5. The number of carboxylic acids is 2. The second kappa shape index (κ2) is 12.0. The Bertz CT molecular complexity index is 1000. The van der Waals surface area contributed by atoms with Crippen molar-refractivity contribution in [2.24, 2.45) is 0 Å². The van der Waals surface area contributed by atoms with Gasteiger partial charge in [0.1, 0.15) is 12.4 Å². The summed E-state index contributed by atoms with van der Waals surface area (Å²) >= 11 is 0. The average molecular weight is 468 g/mol. The van der Waals surface area contributed by atoms with Crippen LogP contribution in [-0.2, 0) is 25.7 Å². The van der Waals surface area contributed by atoms with E-state index in [-0.39, 0.29) is 5.97 Å². The second-order valence-electron chi connectivity index (χ2n) is 7.93. The molecule has 0 radical (unpaired) electrons. The summed E-state index contributed by atoms with van der Waals surface area (Å²) in [4.78, 5) is 32.2. The molecule has 2 aliphatic heterocycles. The quantitative estimate of drug-likeness (QED) is 0.518. The van der Waals surface area contributed by atoms with Crippen molar-refractivity contribution in [3.63, 3.8) is 0 Å². The van der Waals surface area contributed by atoms with Crippen LogP contribution in [0.5, 0.6) is 5.75 Å². The fourth-order valence-electron chi connectivity index (χ4n) is 4.15. The molecule has 4 rings (SSSR count). The van der Waals surface area contributed by atoms with Gasteiger partial charge >= 0.3 is 17.9 Å². The molecule has 0 atom stereocenters. The number of benzene rings is 2. The Labute approximate surface area is 198 Å². The molecule has 0 aliphatic carbocycles. The van der Waals surface area contributed by atoms with E-state index in [9.17, 15) is 4.79 Å². The van der Waals surface area contributed by atoms with Gasteiger partial charge in [-0.2, -0.15) is 0 Å². The van der Waals surface area contributed by atoms with Gasteiger partial charge in [-0.1, -0.05) is 48.0 Å². The maximum absolute atomic E-state index is 11.6. The van der Waals surface area contributed by atoms with Crippen LogP contribution in [0.25, 0.3) is 5.57 Å². The van der Waals surface area contributed by atoms with E-state index in [0.717, 1.165) is 38.2 Å². The number of hydrogen-bond donors (Lipinski definition) is 2. The maximum atomic E-state index is 11.6. The number of carboxylic acid groups (broad SMARTS) is 2. The van der Waals surface area contributed by atoms with E-state index in [1.54, 1.807) is 0 Å². The molecule has 2 aromatic carbocycles. The minimum atomic E-state index is -1.82. The molecule has 2 aromatic rings. The molecule has 8 heteroatoms. The zero-order valence-corrected chi connectivity index (χ0v) is 19.2. The van der Waals surface area contributed by atoms with Gasteiger partial charge in [0.25, 0.3) is 0 Å². The van der Waals surface area contributed by atoms with E-state index in [1.807, 2.05) is 13.0 Å². The number of likely N-dealkylation sites (tertiary alicyclic amines) is 1. The summed E-state index contributed by atoms with van der Waals surface area (Å²) in [5.74, 6) is -2.79. The Morgan fingerprint density at radius 2 is 1.56 bits per heavy atom. The first-order chi connectivity index (χ1) is 16.4. The van der Waals surface area contributed by atoms with Crippen molar-refractivity contribution in [3.8, 4) is 5.75 Å². The molecular weight excluding hydrogens is 438 g/mol. The zero-order chi connectivity index (χ0) is 24.5. The lowest BCUT2D eigenvalue weighted by atomic mass is 9.86. The van der Waals surface area contributed by atoms with Crippen LogP contribution in [-0.4, -0.2) is 59.3 Å². The Morgan fingerprint density at radius 1 is 0.941 bits per heavy atom. The number of rotatable bonds is 4. The largest absolute Gasteiger partial charge is 0.488 e. The fourth-order valence-corrected chi connectivity index (χ4v) is 4.15. The smallest absolute Gasteiger partial charge is 0.414 e. The van der Waals surface area contributed by atoms with Gasteiger partial charge in [-0.25, -0.2) is 9.59 Å². The van der Waals surface area contributed by atoms with E-state index < -0.39 is 11.9 Å². The number of carbonyl (C=O) groups excluding carboxylic acids is 1. The van der Waals surface area contributed by atoms with Gasteiger partial charge < -0.3 is 24.6 Å². The summed E-state index contributed by atoms with van der Waals surface area (Å²) < 4.78 is 11.2. The fraction of sp³-hybridized carbons (Fsp3) is 0.346. The normalized spacial score (nSPS) is 15.0. The average Bonchev–Trinajstić information content (AvgIpc) is 3.01. The van der Waals surface area contributed by atoms with Crippen LogP contribution in [0.2, 0.25) is 0 Å². The predicted octanol–water partition coefficient (Wildman–Crippen LogP) is 3.59. The molecule has 0 amide bonds. The monoisotopic (exact) mass is 467 g/mol. The van der Waals surface area contributed by atoms with Crippen molar-refractivity contribution in [2.75, 3.05) is 26.2 Å². The van der Waals surface area contributed by atoms with Crippen molar-refractivity contribution in [3.05, 3.63) is 70.8 Å². The topological polar surface area (TPSA) is 113 Å². The first-order valence-electron chi connectivity index (χ1n) is 11.3. The SMILES string of the molecule is CCOC(=O)CCN1CCC(=C2c3ccccc3COc3ccccc32)CC1.O=C(O)C(=O)O. The summed E-state index contributed by atoms with van der Waals surface area (Å²) in [6.07, 6.45) is 2.50. The van der Waals surface area contributed by atoms with E-state index >= 15 is 0 Å². The molecule has 2 heterocycles. The molecule has 0 bridgehead atoms. The third-order valence-electron chi connectivity index (χ3n) is 5.76. The van der Waals surface area contributed by atoms with Gasteiger partial charge in [0.2, 0.25) is 0 Å². The highest BCUT2D eigenvalue weighted by Crippen LogP contribution is 2.40. The summed E-state index contributed by atoms with van der Waals surface area (Å²) in [5.41, 5.74) is 6.56. The van der Waals surface area contributed by atoms with Crippen molar-refractivity contribution >= 4 is 23.5 Å². The van der Waals surface area contributed by atoms with Crippen molar-refractivity contribution < 1.29 is 34.1 Å². The number of ether oxygens (including phenoxy) is 2. The molecule has 34 heavy (non-hydrogen) atoms. The minimum Gasteiger partial charge on any atom is -0.488 e. The third-order valence-corrected chi connectivity index (χ3v) is 5.76. The van der Waals surface area contributed by atoms with Gasteiger partial charge in [-0.3, -0.25) is 4.79 Å². The van der Waals surface area contributed by atoms with E-state index in [2.05, 4.69) is 47.4 Å². The molecule has 1 saturated heterocycles. The number of piperidine rings is 1. The Balaban J connectivity index is 0.000000481. The maximum Gasteiger partial charge on any atom is 0.414 e.